The van der Waals surface area contributed by atoms with Crippen LogP contribution in [0.3, 0.4) is 0 Å². The highest BCUT2D eigenvalue weighted by atomic mass is 16.5. The lowest BCUT2D eigenvalue weighted by Gasteiger charge is -2.24. The van der Waals surface area contributed by atoms with Crippen molar-refractivity contribution in [1.29, 1.82) is 0 Å². The summed E-state index contributed by atoms with van der Waals surface area (Å²) in [5.74, 6) is -0.0628. The molecule has 0 unspecified atom stereocenters. The molecule has 1 N–H and O–H groups in total. The number of rotatable bonds is 7. The van der Waals surface area contributed by atoms with Crippen LogP contribution in [0.5, 0.6) is 0 Å². The van der Waals surface area contributed by atoms with E-state index in [1.165, 1.54) is 6.92 Å². The highest BCUT2D eigenvalue weighted by molar-refractivity contribution is 5.83. The Hall–Kier alpha value is -0.900. The molecule has 1 amide bonds. The van der Waals surface area contributed by atoms with E-state index in [-0.39, 0.29) is 23.7 Å². The van der Waals surface area contributed by atoms with Gasteiger partial charge in [0.2, 0.25) is 5.91 Å². The van der Waals surface area contributed by atoms with E-state index in [0.29, 0.717) is 19.6 Å². The molecule has 0 radical (unpaired) electrons. The van der Waals surface area contributed by atoms with E-state index in [9.17, 15) is 9.59 Å². The van der Waals surface area contributed by atoms with E-state index >= 15 is 0 Å². The summed E-state index contributed by atoms with van der Waals surface area (Å²) < 4.78 is 5.42. The monoisotopic (exact) mass is 215 g/mol. The zero-order valence-corrected chi connectivity index (χ0v) is 10.1. The summed E-state index contributed by atoms with van der Waals surface area (Å²) in [6.07, 6.45) is 0.568. The lowest BCUT2D eigenvalue weighted by atomic mass is 10.1. The molecule has 4 heteroatoms. The number of nitrogens with one attached hydrogen (secondary N) is 1. The molecule has 0 saturated heterocycles. The van der Waals surface area contributed by atoms with Crippen molar-refractivity contribution in [1.82, 2.24) is 5.32 Å². The minimum atomic E-state index is -0.347. The summed E-state index contributed by atoms with van der Waals surface area (Å²) in [4.78, 5) is 21.9. The molecule has 0 aromatic heterocycles. The maximum Gasteiger partial charge on any atom is 0.220 e. The summed E-state index contributed by atoms with van der Waals surface area (Å²) in [6, 6.07) is 0. The van der Waals surface area contributed by atoms with Gasteiger partial charge in [-0.25, -0.2) is 0 Å². The van der Waals surface area contributed by atoms with Crippen molar-refractivity contribution in [2.24, 2.45) is 0 Å². The second-order valence-corrected chi connectivity index (χ2v) is 4.17. The van der Waals surface area contributed by atoms with Crippen molar-refractivity contribution in [3.05, 3.63) is 0 Å². The number of carbonyl (C=O) groups excluding carboxylic acids is 2. The van der Waals surface area contributed by atoms with E-state index in [2.05, 4.69) is 5.32 Å². The number of hydrogen-bond acceptors (Lipinski definition) is 3. The molecular formula is C11H21NO3. The summed E-state index contributed by atoms with van der Waals surface area (Å²) in [7, 11) is 0. The molecule has 0 bridgehead atoms. The molecule has 0 spiro atoms. The van der Waals surface area contributed by atoms with Gasteiger partial charge in [-0.1, -0.05) is 0 Å². The van der Waals surface area contributed by atoms with E-state index in [4.69, 9.17) is 4.74 Å². The first-order chi connectivity index (χ1) is 6.87. The maximum absolute atomic E-state index is 11.3. The Labute approximate surface area is 91.4 Å². The third kappa shape index (κ3) is 8.12. The van der Waals surface area contributed by atoms with Gasteiger partial charge in [-0.15, -0.1) is 0 Å². The van der Waals surface area contributed by atoms with Gasteiger partial charge >= 0.3 is 0 Å². The molecule has 0 aromatic rings. The zero-order chi connectivity index (χ0) is 11.9. The van der Waals surface area contributed by atoms with Gasteiger partial charge in [0.05, 0.1) is 5.60 Å². The molecule has 0 aliphatic carbocycles. The lowest BCUT2D eigenvalue weighted by molar-refractivity contribution is -0.125. The van der Waals surface area contributed by atoms with Crippen molar-refractivity contribution in [2.45, 2.75) is 46.1 Å². The Morgan fingerprint density at radius 1 is 1.27 bits per heavy atom. The molecule has 0 aliphatic rings. The van der Waals surface area contributed by atoms with Gasteiger partial charge in [-0.05, 0) is 27.7 Å². The normalized spacial score (nSPS) is 11.2. The van der Waals surface area contributed by atoms with E-state index < -0.39 is 0 Å². The topological polar surface area (TPSA) is 55.4 Å². The van der Waals surface area contributed by atoms with Crippen molar-refractivity contribution in [2.75, 3.05) is 13.2 Å². The smallest absolute Gasteiger partial charge is 0.220 e. The SMILES string of the molecule is CCOC(C)(C)CNC(=O)CCC(C)=O. The van der Waals surface area contributed by atoms with Crippen LogP contribution in [0.4, 0.5) is 0 Å². The van der Waals surface area contributed by atoms with Crippen LogP contribution in [0.1, 0.15) is 40.5 Å². The van der Waals surface area contributed by atoms with E-state index in [0.717, 1.165) is 0 Å². The zero-order valence-electron chi connectivity index (χ0n) is 10.1. The minimum absolute atomic E-state index is 0.0363. The van der Waals surface area contributed by atoms with E-state index in [1.54, 1.807) is 0 Å². The molecule has 0 rings (SSSR count). The first kappa shape index (κ1) is 14.1. The molecule has 15 heavy (non-hydrogen) atoms. The maximum atomic E-state index is 11.3. The van der Waals surface area contributed by atoms with Crippen LogP contribution in [-0.2, 0) is 14.3 Å². The van der Waals surface area contributed by atoms with Crippen molar-refractivity contribution in [3.8, 4) is 0 Å². The number of carbonyl (C=O) groups is 2. The average Bonchev–Trinajstić information content (AvgIpc) is 2.11. The Kier molecular flexibility index (Phi) is 6.17. The highest BCUT2D eigenvalue weighted by Crippen LogP contribution is 2.06. The Morgan fingerprint density at radius 2 is 1.87 bits per heavy atom. The van der Waals surface area contributed by atoms with Gasteiger partial charge in [-0.3, -0.25) is 4.79 Å². The molecule has 0 aromatic carbocycles. The van der Waals surface area contributed by atoms with Crippen LogP contribution < -0.4 is 5.32 Å². The fourth-order valence-corrected chi connectivity index (χ4v) is 1.13. The largest absolute Gasteiger partial charge is 0.374 e. The summed E-state index contributed by atoms with van der Waals surface area (Å²) in [5, 5.41) is 2.75. The standard InChI is InChI=1S/C11H21NO3/c1-5-15-11(3,4)8-12-10(14)7-6-9(2)13/h5-8H2,1-4H3,(H,12,14). The summed E-state index contributed by atoms with van der Waals surface area (Å²) in [6.45, 7) is 8.33. The molecule has 88 valence electrons. The van der Waals surface area contributed by atoms with Crippen LogP contribution in [-0.4, -0.2) is 30.4 Å². The average molecular weight is 215 g/mol. The second kappa shape index (κ2) is 6.56. The fraction of sp³-hybridized carbons (Fsp3) is 0.818. The number of amides is 1. The quantitative estimate of drug-likeness (QED) is 0.696. The van der Waals surface area contributed by atoms with E-state index in [1.807, 2.05) is 20.8 Å². The van der Waals surface area contributed by atoms with Gasteiger partial charge in [0.25, 0.3) is 0 Å². The minimum Gasteiger partial charge on any atom is -0.374 e. The van der Waals surface area contributed by atoms with Gasteiger partial charge in [0.15, 0.2) is 0 Å². The molecule has 0 atom stereocenters. The van der Waals surface area contributed by atoms with Gasteiger partial charge in [-0.2, -0.15) is 0 Å². The first-order valence-corrected chi connectivity index (χ1v) is 5.27. The predicted octanol–water partition coefficient (Wildman–Crippen LogP) is 1.29. The third-order valence-corrected chi connectivity index (χ3v) is 1.95. The lowest BCUT2D eigenvalue weighted by Crippen LogP contribution is -2.40. The van der Waals surface area contributed by atoms with Crippen LogP contribution in [0.2, 0.25) is 0 Å². The third-order valence-electron chi connectivity index (χ3n) is 1.95. The van der Waals surface area contributed by atoms with Crippen molar-refractivity contribution in [3.63, 3.8) is 0 Å². The number of hydrogen-bond donors (Lipinski definition) is 1. The molecule has 0 aliphatic heterocycles. The van der Waals surface area contributed by atoms with Crippen molar-refractivity contribution < 1.29 is 14.3 Å². The van der Waals surface area contributed by atoms with Crippen LogP contribution in [0, 0.1) is 0 Å². The van der Waals surface area contributed by atoms with Crippen LogP contribution >= 0.6 is 0 Å². The second-order valence-electron chi connectivity index (χ2n) is 4.17. The highest BCUT2D eigenvalue weighted by Gasteiger charge is 2.18. The Morgan fingerprint density at radius 3 is 2.33 bits per heavy atom. The number of ether oxygens (including phenoxy) is 1. The Bertz CT molecular complexity index is 224. The molecule has 0 heterocycles. The number of ketones is 1. The first-order valence-electron chi connectivity index (χ1n) is 5.27. The molecule has 4 nitrogen and oxygen atoms in total. The molecule has 0 fully saturated rings. The van der Waals surface area contributed by atoms with Gasteiger partial charge in [0, 0.05) is 26.0 Å². The van der Waals surface area contributed by atoms with Crippen molar-refractivity contribution >= 4 is 11.7 Å². The summed E-state index contributed by atoms with van der Waals surface area (Å²) in [5.41, 5.74) is -0.347. The Balaban J connectivity index is 3.74. The molecule has 0 saturated carbocycles. The van der Waals surface area contributed by atoms with Gasteiger partial charge < -0.3 is 14.8 Å². The molecular weight excluding hydrogens is 194 g/mol. The van der Waals surface area contributed by atoms with Crippen LogP contribution in [0.25, 0.3) is 0 Å². The van der Waals surface area contributed by atoms with Crippen LogP contribution in [0.15, 0.2) is 0 Å². The number of Topliss-reactive ketones (excluding diaryl/α,β-unsaturated/α-hetero) is 1. The summed E-state index contributed by atoms with van der Waals surface area (Å²) >= 11 is 0. The fourth-order valence-electron chi connectivity index (χ4n) is 1.13. The van der Waals surface area contributed by atoms with Gasteiger partial charge in [0.1, 0.15) is 5.78 Å². The predicted molar refractivity (Wildman–Crippen MR) is 58.6 cm³/mol.